The fraction of sp³-hybridized carbons (Fsp3) is 0.360. The molecule has 0 fully saturated rings. The van der Waals surface area contributed by atoms with Gasteiger partial charge in [-0.25, -0.2) is 9.97 Å². The zero-order valence-electron chi connectivity index (χ0n) is 20.2. The second-order valence-electron chi connectivity index (χ2n) is 9.18. The lowest BCUT2D eigenvalue weighted by atomic mass is 10.2. The maximum Gasteiger partial charge on any atom is 0.257 e. The van der Waals surface area contributed by atoms with Crippen molar-refractivity contribution in [3.05, 3.63) is 68.2 Å². The van der Waals surface area contributed by atoms with Crippen LogP contribution >= 0.6 is 11.8 Å². The number of hydrogen-bond donors (Lipinski definition) is 2. The molecule has 37 heavy (non-hydrogen) atoms. The topological polar surface area (TPSA) is 141 Å². The molecule has 0 saturated carbocycles. The number of fused-ring (bicyclic) bond motifs is 2. The molecule has 190 valence electrons. The molecule has 2 aliphatic rings. The smallest absolute Gasteiger partial charge is 0.257 e. The van der Waals surface area contributed by atoms with Crippen LogP contribution in [0.1, 0.15) is 49.2 Å². The molecule has 12 heteroatoms. The Balaban J connectivity index is 1.31. The summed E-state index contributed by atoms with van der Waals surface area (Å²) in [5, 5.41) is 8.13. The summed E-state index contributed by atoms with van der Waals surface area (Å²) >= 11 is 1.51. The average molecular weight is 520 g/mol. The van der Waals surface area contributed by atoms with Crippen molar-refractivity contribution in [1.82, 2.24) is 29.3 Å². The van der Waals surface area contributed by atoms with Gasteiger partial charge in [0.15, 0.2) is 10.9 Å². The van der Waals surface area contributed by atoms with Crippen molar-refractivity contribution in [3.63, 3.8) is 0 Å². The molecular formula is C25H25N7O4S. The van der Waals surface area contributed by atoms with Gasteiger partial charge in [-0.2, -0.15) is 9.78 Å². The van der Waals surface area contributed by atoms with Gasteiger partial charge in [-0.1, -0.05) is 25.1 Å². The summed E-state index contributed by atoms with van der Waals surface area (Å²) in [5.74, 6) is 1.35. The Hall–Kier alpha value is -3.93. The average Bonchev–Trinajstić information content (AvgIpc) is 3.66. The van der Waals surface area contributed by atoms with Gasteiger partial charge in [0.25, 0.3) is 11.1 Å². The SMILES string of the molecule is CCCc1cc(=O)[nH]c(-n2nc(-c3ccco3)cc2NC(=O)CC2CSc3nc4c(c(=O)n32)CCC4)n1. The van der Waals surface area contributed by atoms with E-state index in [9.17, 15) is 14.4 Å². The van der Waals surface area contributed by atoms with Gasteiger partial charge in [0.1, 0.15) is 11.5 Å². The van der Waals surface area contributed by atoms with Crippen molar-refractivity contribution in [2.75, 3.05) is 11.1 Å². The van der Waals surface area contributed by atoms with Gasteiger partial charge in [-0.3, -0.25) is 23.9 Å². The molecule has 6 rings (SSSR count). The van der Waals surface area contributed by atoms with Crippen LogP contribution in [0.15, 0.2) is 49.7 Å². The lowest BCUT2D eigenvalue weighted by Crippen LogP contribution is -2.30. The summed E-state index contributed by atoms with van der Waals surface area (Å²) in [6.45, 7) is 2.01. The Labute approximate surface area is 215 Å². The minimum absolute atomic E-state index is 0.0278. The molecule has 1 atom stereocenters. The minimum Gasteiger partial charge on any atom is -0.463 e. The van der Waals surface area contributed by atoms with Crippen LogP contribution in [0, 0.1) is 0 Å². The molecule has 5 heterocycles. The van der Waals surface area contributed by atoms with Crippen LogP contribution in [-0.2, 0) is 24.1 Å². The number of anilines is 1. The number of H-pyrrole nitrogens is 1. The minimum atomic E-state index is -0.306. The highest BCUT2D eigenvalue weighted by Gasteiger charge is 2.31. The molecule has 0 spiro atoms. The lowest BCUT2D eigenvalue weighted by Gasteiger charge is -2.15. The zero-order valence-corrected chi connectivity index (χ0v) is 21.0. The number of carbonyl (C=O) groups excluding carboxylic acids is 1. The van der Waals surface area contributed by atoms with E-state index in [4.69, 9.17) is 4.42 Å². The van der Waals surface area contributed by atoms with Crippen molar-refractivity contribution in [2.24, 2.45) is 0 Å². The fourth-order valence-corrected chi connectivity index (χ4v) is 6.02. The third-order valence-electron chi connectivity index (χ3n) is 6.53. The molecule has 0 radical (unpaired) electrons. The number of hydrogen-bond acceptors (Lipinski definition) is 8. The molecule has 0 bridgehead atoms. The van der Waals surface area contributed by atoms with Crippen LogP contribution in [0.2, 0.25) is 0 Å². The van der Waals surface area contributed by atoms with E-state index in [1.54, 1.807) is 22.8 Å². The molecule has 2 N–H and O–H groups in total. The maximum absolute atomic E-state index is 13.2. The third-order valence-corrected chi connectivity index (χ3v) is 7.63. The van der Waals surface area contributed by atoms with E-state index in [-0.39, 0.29) is 35.4 Å². The quantitative estimate of drug-likeness (QED) is 0.355. The third kappa shape index (κ3) is 4.41. The van der Waals surface area contributed by atoms with Crippen molar-refractivity contribution in [2.45, 2.75) is 56.6 Å². The van der Waals surface area contributed by atoms with Crippen LogP contribution in [0.5, 0.6) is 0 Å². The van der Waals surface area contributed by atoms with Crippen LogP contribution in [0.3, 0.4) is 0 Å². The predicted molar refractivity (Wildman–Crippen MR) is 137 cm³/mol. The van der Waals surface area contributed by atoms with Gasteiger partial charge in [-0.05, 0) is 37.8 Å². The zero-order chi connectivity index (χ0) is 25.5. The van der Waals surface area contributed by atoms with Crippen LogP contribution in [0.4, 0.5) is 5.82 Å². The molecule has 1 amide bonds. The first-order valence-corrected chi connectivity index (χ1v) is 13.3. The Morgan fingerprint density at radius 1 is 1.27 bits per heavy atom. The van der Waals surface area contributed by atoms with E-state index in [2.05, 4.69) is 25.4 Å². The fourth-order valence-electron chi connectivity index (χ4n) is 4.87. The largest absolute Gasteiger partial charge is 0.463 e. The normalized spacial score (nSPS) is 16.1. The van der Waals surface area contributed by atoms with Crippen molar-refractivity contribution in [1.29, 1.82) is 0 Å². The second-order valence-corrected chi connectivity index (χ2v) is 10.2. The van der Waals surface area contributed by atoms with E-state index >= 15 is 0 Å². The number of amides is 1. The van der Waals surface area contributed by atoms with Gasteiger partial charge < -0.3 is 9.73 Å². The summed E-state index contributed by atoms with van der Waals surface area (Å²) in [5.41, 5.74) is 2.45. The lowest BCUT2D eigenvalue weighted by molar-refractivity contribution is -0.116. The van der Waals surface area contributed by atoms with E-state index < -0.39 is 0 Å². The van der Waals surface area contributed by atoms with E-state index in [1.165, 1.54) is 28.8 Å². The molecule has 4 aromatic rings. The van der Waals surface area contributed by atoms with Gasteiger partial charge in [-0.15, -0.1) is 0 Å². The first kappa shape index (κ1) is 23.5. The number of carbonyl (C=O) groups is 1. The highest BCUT2D eigenvalue weighted by atomic mass is 32.2. The van der Waals surface area contributed by atoms with Crippen molar-refractivity contribution >= 4 is 23.5 Å². The molecule has 1 aliphatic heterocycles. The summed E-state index contributed by atoms with van der Waals surface area (Å²) < 4.78 is 8.55. The van der Waals surface area contributed by atoms with Crippen molar-refractivity contribution < 1.29 is 9.21 Å². The number of nitrogens with one attached hydrogen (secondary N) is 2. The highest BCUT2D eigenvalue weighted by Crippen LogP contribution is 2.34. The standard InChI is InChI=1S/C25H25N7O4S/c1-2-5-14-10-21(33)29-24(26-14)32-20(12-18(30-32)19-8-4-9-36-19)28-22(34)11-15-13-37-25-27-17-7-3-6-16(17)23(35)31(15)25/h4,8-10,12,15H,2-3,5-7,11,13H2,1H3,(H,28,34)(H,26,29,33). The molecule has 4 aromatic heterocycles. The summed E-state index contributed by atoms with van der Waals surface area (Å²) in [4.78, 5) is 50.6. The second kappa shape index (κ2) is 9.51. The Bertz CT molecular complexity index is 1600. The van der Waals surface area contributed by atoms with E-state index in [0.29, 0.717) is 40.3 Å². The van der Waals surface area contributed by atoms with Gasteiger partial charge in [0.2, 0.25) is 11.9 Å². The summed E-state index contributed by atoms with van der Waals surface area (Å²) in [6, 6.07) is 6.33. The number of nitrogens with zero attached hydrogens (tertiary/aromatic N) is 5. The number of aryl methyl sites for hydroxylation is 2. The van der Waals surface area contributed by atoms with Gasteiger partial charge in [0, 0.05) is 35.6 Å². The number of aromatic amines is 1. The Morgan fingerprint density at radius 3 is 2.97 bits per heavy atom. The predicted octanol–water partition coefficient (Wildman–Crippen LogP) is 2.89. The van der Waals surface area contributed by atoms with Gasteiger partial charge in [0.05, 0.1) is 18.0 Å². The molecule has 0 aromatic carbocycles. The summed E-state index contributed by atoms with van der Waals surface area (Å²) in [6.07, 6.45) is 5.61. The number of rotatable bonds is 7. The Kier molecular flexibility index (Phi) is 6.03. The van der Waals surface area contributed by atoms with E-state index in [0.717, 1.165) is 36.9 Å². The van der Waals surface area contributed by atoms with E-state index in [1.807, 2.05) is 6.92 Å². The molecular weight excluding hydrogens is 494 g/mol. The Morgan fingerprint density at radius 2 is 2.16 bits per heavy atom. The van der Waals surface area contributed by atoms with Crippen LogP contribution in [0.25, 0.3) is 17.4 Å². The molecule has 1 unspecified atom stereocenters. The van der Waals surface area contributed by atoms with Crippen LogP contribution in [-0.4, -0.2) is 41.0 Å². The van der Waals surface area contributed by atoms with Crippen LogP contribution < -0.4 is 16.4 Å². The molecule has 0 saturated heterocycles. The number of furan rings is 1. The van der Waals surface area contributed by atoms with Crippen molar-refractivity contribution in [3.8, 4) is 17.4 Å². The first-order chi connectivity index (χ1) is 18.0. The maximum atomic E-state index is 13.2. The first-order valence-electron chi connectivity index (χ1n) is 12.3. The number of aromatic nitrogens is 6. The highest BCUT2D eigenvalue weighted by molar-refractivity contribution is 7.99. The van der Waals surface area contributed by atoms with Gasteiger partial charge >= 0.3 is 0 Å². The summed E-state index contributed by atoms with van der Waals surface area (Å²) in [7, 11) is 0. The molecule has 11 nitrogen and oxygen atoms in total. The monoisotopic (exact) mass is 519 g/mol. The molecule has 1 aliphatic carbocycles. The number of thioether (sulfide) groups is 1.